The van der Waals surface area contributed by atoms with Gasteiger partial charge in [-0.25, -0.2) is 4.98 Å². The zero-order chi connectivity index (χ0) is 11.5. The summed E-state index contributed by atoms with van der Waals surface area (Å²) in [4.78, 5) is 18.5. The van der Waals surface area contributed by atoms with E-state index >= 15 is 0 Å². The molecule has 0 spiro atoms. The van der Waals surface area contributed by atoms with Crippen LogP contribution in [0, 0.1) is 6.92 Å². The molecule has 0 aliphatic carbocycles. The van der Waals surface area contributed by atoms with E-state index in [1.807, 2.05) is 25.1 Å². The van der Waals surface area contributed by atoms with Gasteiger partial charge in [0.05, 0.1) is 17.6 Å². The standard InChI is InChI=1S/C11H12ClN3O/c1-7-3-2-4-8-11(7)15-9(14-8)6-13-10(16)5-12/h2-4H,5-6H2,1H3,(H,13,16)(H,14,15). The number of benzene rings is 1. The van der Waals surface area contributed by atoms with Crippen molar-refractivity contribution in [3.8, 4) is 0 Å². The second-order valence-electron chi connectivity index (χ2n) is 3.56. The number of fused-ring (bicyclic) bond motifs is 1. The highest BCUT2D eigenvalue weighted by Crippen LogP contribution is 2.15. The fourth-order valence-electron chi connectivity index (χ4n) is 1.54. The molecule has 2 aromatic rings. The smallest absolute Gasteiger partial charge is 0.235 e. The maximum Gasteiger partial charge on any atom is 0.235 e. The molecule has 4 nitrogen and oxygen atoms in total. The van der Waals surface area contributed by atoms with Crippen molar-refractivity contribution in [3.63, 3.8) is 0 Å². The zero-order valence-electron chi connectivity index (χ0n) is 8.88. The Morgan fingerprint density at radius 2 is 2.38 bits per heavy atom. The lowest BCUT2D eigenvalue weighted by molar-refractivity contribution is -0.118. The fourth-order valence-corrected chi connectivity index (χ4v) is 1.63. The molecular formula is C11H12ClN3O. The summed E-state index contributed by atoms with van der Waals surface area (Å²) in [6, 6.07) is 5.93. The molecule has 2 rings (SSSR count). The van der Waals surface area contributed by atoms with Crippen LogP contribution in [0.25, 0.3) is 11.0 Å². The number of nitrogens with one attached hydrogen (secondary N) is 2. The van der Waals surface area contributed by atoms with Crippen molar-refractivity contribution in [2.75, 3.05) is 5.88 Å². The Kier molecular flexibility index (Phi) is 3.10. The van der Waals surface area contributed by atoms with Crippen LogP contribution in [0.1, 0.15) is 11.4 Å². The van der Waals surface area contributed by atoms with E-state index in [1.54, 1.807) is 0 Å². The number of amides is 1. The zero-order valence-corrected chi connectivity index (χ0v) is 9.64. The van der Waals surface area contributed by atoms with Crippen molar-refractivity contribution in [1.29, 1.82) is 0 Å². The van der Waals surface area contributed by atoms with Crippen molar-refractivity contribution >= 4 is 28.5 Å². The third-order valence-corrected chi connectivity index (χ3v) is 2.58. The molecule has 0 fully saturated rings. The van der Waals surface area contributed by atoms with Crippen LogP contribution < -0.4 is 5.32 Å². The summed E-state index contributed by atoms with van der Waals surface area (Å²) in [5, 5.41) is 2.66. The molecule has 0 saturated carbocycles. The number of carbonyl (C=O) groups excluding carboxylic acids is 1. The molecule has 5 heteroatoms. The van der Waals surface area contributed by atoms with Crippen molar-refractivity contribution < 1.29 is 4.79 Å². The fraction of sp³-hybridized carbons (Fsp3) is 0.273. The van der Waals surface area contributed by atoms with E-state index in [9.17, 15) is 4.79 Å². The van der Waals surface area contributed by atoms with Gasteiger partial charge in [-0.1, -0.05) is 12.1 Å². The minimum Gasteiger partial charge on any atom is -0.348 e. The first kappa shape index (κ1) is 11.0. The summed E-state index contributed by atoms with van der Waals surface area (Å²) in [7, 11) is 0. The molecule has 84 valence electrons. The van der Waals surface area contributed by atoms with Gasteiger partial charge in [0.25, 0.3) is 0 Å². The molecule has 1 amide bonds. The quantitative estimate of drug-likeness (QED) is 0.799. The number of aryl methyl sites for hydroxylation is 1. The van der Waals surface area contributed by atoms with Gasteiger partial charge in [0, 0.05) is 0 Å². The lowest BCUT2D eigenvalue weighted by Gasteiger charge is -1.98. The number of hydrogen-bond acceptors (Lipinski definition) is 2. The van der Waals surface area contributed by atoms with Gasteiger partial charge >= 0.3 is 0 Å². The van der Waals surface area contributed by atoms with E-state index in [0.29, 0.717) is 6.54 Å². The van der Waals surface area contributed by atoms with E-state index in [-0.39, 0.29) is 11.8 Å². The number of imidazole rings is 1. The molecule has 0 aliphatic rings. The normalized spacial score (nSPS) is 10.6. The first-order chi connectivity index (χ1) is 7.70. The third-order valence-electron chi connectivity index (χ3n) is 2.34. The van der Waals surface area contributed by atoms with E-state index in [2.05, 4.69) is 15.3 Å². The Bertz CT molecular complexity index is 521. The van der Waals surface area contributed by atoms with Crippen LogP contribution in [0.4, 0.5) is 0 Å². The number of alkyl halides is 1. The molecule has 0 unspecified atom stereocenters. The van der Waals surface area contributed by atoms with Crippen LogP contribution in [0.5, 0.6) is 0 Å². The highest BCUT2D eigenvalue weighted by Gasteiger charge is 2.05. The summed E-state index contributed by atoms with van der Waals surface area (Å²) in [5.41, 5.74) is 3.04. The lowest BCUT2D eigenvalue weighted by atomic mass is 10.2. The van der Waals surface area contributed by atoms with Gasteiger partial charge in [0.15, 0.2) is 0 Å². The third kappa shape index (κ3) is 2.17. The van der Waals surface area contributed by atoms with Crippen molar-refractivity contribution in [2.24, 2.45) is 0 Å². The van der Waals surface area contributed by atoms with Gasteiger partial charge in [-0.2, -0.15) is 0 Å². The van der Waals surface area contributed by atoms with Crippen LogP contribution >= 0.6 is 11.6 Å². The predicted molar refractivity (Wildman–Crippen MR) is 63.4 cm³/mol. The SMILES string of the molecule is Cc1cccc2[nH]c(CNC(=O)CCl)nc12. The maximum atomic E-state index is 11.0. The highest BCUT2D eigenvalue weighted by molar-refractivity contribution is 6.27. The molecule has 0 atom stereocenters. The number of aromatic nitrogens is 2. The van der Waals surface area contributed by atoms with Crippen LogP contribution in [0.3, 0.4) is 0 Å². The van der Waals surface area contributed by atoms with E-state index in [4.69, 9.17) is 11.6 Å². The monoisotopic (exact) mass is 237 g/mol. The van der Waals surface area contributed by atoms with E-state index < -0.39 is 0 Å². The molecule has 0 aliphatic heterocycles. The Morgan fingerprint density at radius 1 is 1.56 bits per heavy atom. The van der Waals surface area contributed by atoms with Gasteiger partial charge < -0.3 is 10.3 Å². The number of nitrogens with zero attached hydrogens (tertiary/aromatic N) is 1. The minimum absolute atomic E-state index is 0.0285. The van der Waals surface area contributed by atoms with Gasteiger partial charge in [-0.3, -0.25) is 4.79 Å². The van der Waals surface area contributed by atoms with Crippen LogP contribution in [-0.2, 0) is 11.3 Å². The molecule has 0 bridgehead atoms. The minimum atomic E-state index is -0.196. The number of rotatable bonds is 3. The summed E-state index contributed by atoms with van der Waals surface area (Å²) >= 11 is 5.38. The van der Waals surface area contributed by atoms with Crippen LogP contribution in [0.15, 0.2) is 18.2 Å². The van der Waals surface area contributed by atoms with E-state index in [0.717, 1.165) is 22.4 Å². The Morgan fingerprint density at radius 3 is 3.06 bits per heavy atom. The first-order valence-corrected chi connectivity index (χ1v) is 5.51. The molecule has 0 radical (unpaired) electrons. The summed E-state index contributed by atoms with van der Waals surface area (Å²) in [5.74, 6) is 0.515. The second kappa shape index (κ2) is 4.53. The number of para-hydroxylation sites is 1. The van der Waals surface area contributed by atoms with Gasteiger partial charge in [-0.15, -0.1) is 11.6 Å². The van der Waals surface area contributed by atoms with Gasteiger partial charge in [0.1, 0.15) is 11.7 Å². The highest BCUT2D eigenvalue weighted by atomic mass is 35.5. The van der Waals surface area contributed by atoms with E-state index in [1.165, 1.54) is 0 Å². The van der Waals surface area contributed by atoms with Crippen LogP contribution in [-0.4, -0.2) is 21.8 Å². The molecule has 1 aromatic heterocycles. The maximum absolute atomic E-state index is 11.0. The lowest BCUT2D eigenvalue weighted by Crippen LogP contribution is -2.24. The number of carbonyl (C=O) groups is 1. The topological polar surface area (TPSA) is 57.8 Å². The number of halogens is 1. The molecule has 2 N–H and O–H groups in total. The average Bonchev–Trinajstić information content (AvgIpc) is 2.70. The number of hydrogen-bond donors (Lipinski definition) is 2. The van der Waals surface area contributed by atoms with Crippen LogP contribution in [0.2, 0.25) is 0 Å². The summed E-state index contributed by atoms with van der Waals surface area (Å²) < 4.78 is 0. The number of aromatic amines is 1. The van der Waals surface area contributed by atoms with Crippen molar-refractivity contribution in [1.82, 2.24) is 15.3 Å². The van der Waals surface area contributed by atoms with Crippen molar-refractivity contribution in [2.45, 2.75) is 13.5 Å². The molecule has 1 heterocycles. The first-order valence-electron chi connectivity index (χ1n) is 4.97. The predicted octanol–water partition coefficient (Wildman–Crippen LogP) is 1.73. The Hall–Kier alpha value is -1.55. The van der Waals surface area contributed by atoms with Gasteiger partial charge in [0.2, 0.25) is 5.91 Å². The molecule has 16 heavy (non-hydrogen) atoms. The molecule has 0 saturated heterocycles. The molecular weight excluding hydrogens is 226 g/mol. The van der Waals surface area contributed by atoms with Crippen molar-refractivity contribution in [3.05, 3.63) is 29.6 Å². The average molecular weight is 238 g/mol. The largest absolute Gasteiger partial charge is 0.348 e. The molecule has 1 aromatic carbocycles. The number of H-pyrrole nitrogens is 1. The second-order valence-corrected chi connectivity index (χ2v) is 3.83. The summed E-state index contributed by atoms with van der Waals surface area (Å²) in [6.07, 6.45) is 0. The Balaban J connectivity index is 2.20. The summed E-state index contributed by atoms with van der Waals surface area (Å²) in [6.45, 7) is 2.38. The Labute approximate surface area is 98.0 Å². The van der Waals surface area contributed by atoms with Gasteiger partial charge in [-0.05, 0) is 18.6 Å².